The van der Waals surface area contributed by atoms with E-state index in [0.717, 1.165) is 38.9 Å². The number of pyridine rings is 1. The molecule has 2 N–H and O–H groups in total. The largest absolute Gasteiger partial charge is 0.299 e. The van der Waals surface area contributed by atoms with Gasteiger partial charge in [0.15, 0.2) is 0 Å². The molecule has 0 bridgehead atoms. The number of aromatic nitrogens is 1. The zero-order valence-electron chi connectivity index (χ0n) is 32.0. The first-order valence-electron chi connectivity index (χ1n) is 19.9. The molecule has 0 radical (unpaired) electrons. The molecule has 0 atom stereocenters. The number of nitrogens with zero attached hydrogens (tertiary/aromatic N) is 2. The summed E-state index contributed by atoms with van der Waals surface area (Å²) in [6.45, 7) is 0. The highest BCUT2D eigenvalue weighted by Crippen LogP contribution is 2.45. The van der Waals surface area contributed by atoms with Gasteiger partial charge in [-0.2, -0.15) is 5.10 Å². The van der Waals surface area contributed by atoms with Gasteiger partial charge in [-0.3, -0.25) is 15.8 Å². The van der Waals surface area contributed by atoms with E-state index in [1.807, 2.05) is 54.8 Å². The summed E-state index contributed by atoms with van der Waals surface area (Å²) in [4.78, 5) is 4.63. The molecule has 11 rings (SSSR count). The van der Waals surface area contributed by atoms with E-state index in [9.17, 15) is 0 Å². The van der Waals surface area contributed by atoms with Crippen molar-refractivity contribution < 1.29 is 0 Å². The lowest BCUT2D eigenvalue weighted by Crippen LogP contribution is -2.13. The average molecular weight is 753 g/mol. The minimum Gasteiger partial charge on any atom is -0.299 e. The molecule has 276 valence electrons. The normalized spacial score (nSPS) is 13.5. The molecule has 1 heterocycles. The van der Waals surface area contributed by atoms with Crippen molar-refractivity contribution in [3.05, 3.63) is 212 Å². The Labute approximate surface area is 341 Å². The fourth-order valence-corrected chi connectivity index (χ4v) is 8.56. The predicted octanol–water partition coefficient (Wildman–Crippen LogP) is 14.3. The van der Waals surface area contributed by atoms with Crippen molar-refractivity contribution in [1.29, 1.82) is 5.41 Å². The Hall–Kier alpha value is -7.95. The molecule has 9 aromatic carbocycles. The molecular formula is C55H36N4. The van der Waals surface area contributed by atoms with Crippen molar-refractivity contribution in [3.63, 3.8) is 0 Å². The van der Waals surface area contributed by atoms with Crippen LogP contribution < -0.4 is 5.43 Å². The molecule has 1 aliphatic carbocycles. The molecule has 0 fully saturated rings. The van der Waals surface area contributed by atoms with Gasteiger partial charge in [-0.25, -0.2) is 0 Å². The van der Waals surface area contributed by atoms with Crippen LogP contribution in [0, 0.1) is 5.41 Å². The number of fused-ring (bicyclic) bond motifs is 5. The van der Waals surface area contributed by atoms with Crippen LogP contribution >= 0.6 is 0 Å². The smallest absolute Gasteiger partial charge is 0.109 e. The van der Waals surface area contributed by atoms with Crippen molar-refractivity contribution >= 4 is 76.7 Å². The molecule has 4 nitrogen and oxygen atoms in total. The fourth-order valence-electron chi connectivity index (χ4n) is 8.56. The molecule has 1 aromatic heterocycles. The van der Waals surface area contributed by atoms with Gasteiger partial charge in [0.2, 0.25) is 0 Å². The number of rotatable bonds is 6. The first kappa shape index (κ1) is 34.3. The van der Waals surface area contributed by atoms with E-state index in [4.69, 9.17) is 10.5 Å². The maximum atomic E-state index is 8.78. The van der Waals surface area contributed by atoms with Crippen LogP contribution in [0.3, 0.4) is 0 Å². The van der Waals surface area contributed by atoms with Crippen LogP contribution in [-0.4, -0.2) is 16.4 Å². The SMILES string of the molecule is N=C1C=CC(c2ccc3c(-c4ccc5ccccc5c4)c4ccccc4c(-c4ccc5ccccc5c4)c3c2)=C/C1=N/Nc1ccc(-c2cnc3ccccc3c2)cc1. The number of para-hydroxylation sites is 1. The topological polar surface area (TPSA) is 61.1 Å². The Morgan fingerprint density at radius 1 is 0.424 bits per heavy atom. The van der Waals surface area contributed by atoms with E-state index in [1.165, 1.54) is 65.3 Å². The molecule has 4 heteroatoms. The van der Waals surface area contributed by atoms with Crippen molar-refractivity contribution in [1.82, 2.24) is 4.98 Å². The van der Waals surface area contributed by atoms with Crippen LogP contribution in [0.2, 0.25) is 0 Å². The Bertz CT molecular complexity index is 3430. The van der Waals surface area contributed by atoms with Gasteiger partial charge >= 0.3 is 0 Å². The van der Waals surface area contributed by atoms with Gasteiger partial charge in [-0.1, -0.05) is 146 Å². The lowest BCUT2D eigenvalue weighted by atomic mass is 9.84. The Balaban J connectivity index is 1.01. The van der Waals surface area contributed by atoms with Crippen LogP contribution in [0.4, 0.5) is 5.69 Å². The van der Waals surface area contributed by atoms with Crippen molar-refractivity contribution in [2.75, 3.05) is 5.43 Å². The number of benzene rings is 9. The molecule has 0 spiro atoms. The van der Waals surface area contributed by atoms with E-state index in [2.05, 4.69) is 162 Å². The van der Waals surface area contributed by atoms with Crippen molar-refractivity contribution in [2.45, 2.75) is 0 Å². The van der Waals surface area contributed by atoms with Crippen molar-refractivity contribution in [3.8, 4) is 33.4 Å². The molecule has 0 aliphatic heterocycles. The van der Waals surface area contributed by atoms with Crippen LogP contribution in [0.1, 0.15) is 5.56 Å². The Morgan fingerprint density at radius 3 is 1.66 bits per heavy atom. The second-order valence-corrected chi connectivity index (χ2v) is 15.1. The first-order valence-corrected chi connectivity index (χ1v) is 19.9. The maximum Gasteiger partial charge on any atom is 0.109 e. The lowest BCUT2D eigenvalue weighted by molar-refractivity contribution is 1.34. The standard InChI is InChI=1S/C55H36N4/c56-51-28-24-41(33-53(51)59-58-46-25-21-37(22-26-46)45-31-42-13-5-8-16-52(42)57-34-45)40-23-27-49-50(32-40)55(44-20-18-36-10-2-4-12-39(36)30-44)48-15-7-6-14-47(48)54(49)43-19-17-35-9-1-3-11-38(35)29-43/h1-34,56,58H/b56-51?,59-53-. The lowest BCUT2D eigenvalue weighted by Gasteiger charge is -2.20. The number of hydrogen-bond acceptors (Lipinski definition) is 4. The summed E-state index contributed by atoms with van der Waals surface area (Å²) in [5, 5.41) is 24.3. The highest BCUT2D eigenvalue weighted by atomic mass is 15.3. The third-order valence-corrected chi connectivity index (χ3v) is 11.5. The highest BCUT2D eigenvalue weighted by Gasteiger charge is 2.19. The summed E-state index contributed by atoms with van der Waals surface area (Å²) < 4.78 is 0. The predicted molar refractivity (Wildman–Crippen MR) is 250 cm³/mol. The molecule has 0 unspecified atom stereocenters. The zero-order chi connectivity index (χ0) is 39.3. The van der Waals surface area contributed by atoms with Crippen molar-refractivity contribution in [2.24, 2.45) is 5.10 Å². The third-order valence-electron chi connectivity index (χ3n) is 11.5. The van der Waals surface area contributed by atoms with Crippen LogP contribution in [0.5, 0.6) is 0 Å². The molecular weight excluding hydrogens is 717 g/mol. The number of hydrogen-bond donors (Lipinski definition) is 2. The van der Waals surface area contributed by atoms with Crippen LogP contribution in [-0.2, 0) is 0 Å². The Kier molecular flexibility index (Phi) is 8.26. The number of nitrogens with one attached hydrogen (secondary N) is 2. The summed E-state index contributed by atoms with van der Waals surface area (Å²) >= 11 is 0. The van der Waals surface area contributed by atoms with E-state index in [1.54, 1.807) is 0 Å². The zero-order valence-corrected chi connectivity index (χ0v) is 32.0. The molecule has 0 amide bonds. The molecule has 59 heavy (non-hydrogen) atoms. The quantitative estimate of drug-likeness (QED) is 0.101. The van der Waals surface area contributed by atoms with E-state index in [0.29, 0.717) is 11.4 Å². The minimum atomic E-state index is 0.349. The van der Waals surface area contributed by atoms with Gasteiger partial charge in [0.1, 0.15) is 5.71 Å². The first-order chi connectivity index (χ1) is 29.1. The van der Waals surface area contributed by atoms with Gasteiger partial charge in [0.25, 0.3) is 0 Å². The summed E-state index contributed by atoms with van der Waals surface area (Å²) in [5.41, 5.74) is 14.9. The summed E-state index contributed by atoms with van der Waals surface area (Å²) in [6, 6.07) is 64.9. The molecule has 10 aromatic rings. The average Bonchev–Trinajstić information content (AvgIpc) is 3.30. The summed E-state index contributed by atoms with van der Waals surface area (Å²) in [6.07, 6.45) is 7.78. The summed E-state index contributed by atoms with van der Waals surface area (Å²) in [5.74, 6) is 0. The number of anilines is 1. The second-order valence-electron chi connectivity index (χ2n) is 15.1. The molecule has 1 aliphatic rings. The third kappa shape index (κ3) is 6.24. The van der Waals surface area contributed by atoms with Gasteiger partial charge < -0.3 is 0 Å². The second kappa shape index (κ2) is 14.2. The number of hydrazone groups is 1. The monoisotopic (exact) mass is 752 g/mol. The summed E-state index contributed by atoms with van der Waals surface area (Å²) in [7, 11) is 0. The van der Waals surface area contributed by atoms with Gasteiger partial charge in [-0.05, 0) is 137 Å². The van der Waals surface area contributed by atoms with Gasteiger partial charge in [0.05, 0.1) is 16.9 Å². The maximum absolute atomic E-state index is 8.78. The van der Waals surface area contributed by atoms with Crippen LogP contribution in [0.25, 0.3) is 92.9 Å². The van der Waals surface area contributed by atoms with E-state index in [-0.39, 0.29) is 0 Å². The van der Waals surface area contributed by atoms with E-state index >= 15 is 0 Å². The molecule has 0 saturated heterocycles. The van der Waals surface area contributed by atoms with Crippen LogP contribution in [0.15, 0.2) is 212 Å². The highest BCUT2D eigenvalue weighted by molar-refractivity contribution is 6.51. The minimum absolute atomic E-state index is 0.349. The van der Waals surface area contributed by atoms with E-state index < -0.39 is 0 Å². The van der Waals surface area contributed by atoms with Gasteiger partial charge in [0, 0.05) is 17.1 Å². The molecule has 0 saturated carbocycles. The number of allylic oxidation sites excluding steroid dienone is 4. The Morgan fingerprint density at radius 2 is 0.966 bits per heavy atom. The fraction of sp³-hybridized carbons (Fsp3) is 0. The van der Waals surface area contributed by atoms with Gasteiger partial charge in [-0.15, -0.1) is 0 Å².